The van der Waals surface area contributed by atoms with E-state index in [0.717, 1.165) is 18.8 Å². The number of benzene rings is 2. The standard InChI is InChI=1S/C22H27N3O3S/c26-22(23-19-8-10-20(11-9-19)24-14-4-5-15-24)18-12-16-25(17-13-18)29(27,28)21-6-2-1-3-7-21/h1-3,6-11,18H,4-5,12-17H2,(H,23,26). The number of nitrogens with zero attached hydrogens (tertiary/aromatic N) is 2. The molecule has 7 heteroatoms. The number of piperidine rings is 1. The lowest BCUT2D eigenvalue weighted by Crippen LogP contribution is -2.41. The van der Waals surface area contributed by atoms with E-state index in [1.165, 1.54) is 22.8 Å². The molecule has 6 nitrogen and oxygen atoms in total. The smallest absolute Gasteiger partial charge is 0.243 e. The molecule has 0 spiro atoms. The summed E-state index contributed by atoms with van der Waals surface area (Å²) in [6, 6.07) is 16.5. The Kier molecular flexibility index (Phi) is 5.87. The van der Waals surface area contributed by atoms with Crippen LogP contribution in [0.2, 0.25) is 0 Å². The molecule has 2 saturated heterocycles. The Bertz CT molecular complexity index is 931. The van der Waals surface area contributed by atoms with Crippen molar-refractivity contribution in [3.63, 3.8) is 0 Å². The molecule has 2 aromatic rings. The number of hydrogen-bond acceptors (Lipinski definition) is 4. The molecule has 29 heavy (non-hydrogen) atoms. The third-order valence-corrected chi connectivity index (χ3v) is 7.72. The maximum Gasteiger partial charge on any atom is 0.243 e. The van der Waals surface area contributed by atoms with E-state index >= 15 is 0 Å². The summed E-state index contributed by atoms with van der Waals surface area (Å²) in [5.74, 6) is -0.203. The zero-order valence-electron chi connectivity index (χ0n) is 16.5. The Morgan fingerprint density at radius 2 is 1.48 bits per heavy atom. The van der Waals surface area contributed by atoms with Gasteiger partial charge in [0, 0.05) is 43.5 Å². The average Bonchev–Trinajstić information content (AvgIpc) is 3.30. The fraction of sp³-hybridized carbons (Fsp3) is 0.409. The number of nitrogens with one attached hydrogen (secondary N) is 1. The van der Waals surface area contributed by atoms with Crippen LogP contribution in [-0.2, 0) is 14.8 Å². The van der Waals surface area contributed by atoms with E-state index in [1.54, 1.807) is 30.3 Å². The van der Waals surface area contributed by atoms with Gasteiger partial charge in [0.25, 0.3) is 0 Å². The highest BCUT2D eigenvalue weighted by Crippen LogP contribution is 2.26. The first-order valence-electron chi connectivity index (χ1n) is 10.2. The van der Waals surface area contributed by atoms with Gasteiger partial charge in [-0.05, 0) is 62.1 Å². The summed E-state index contributed by atoms with van der Waals surface area (Å²) in [4.78, 5) is 15.3. The zero-order valence-corrected chi connectivity index (χ0v) is 17.3. The van der Waals surface area contributed by atoms with Crippen LogP contribution in [0.4, 0.5) is 11.4 Å². The van der Waals surface area contributed by atoms with Crippen LogP contribution in [-0.4, -0.2) is 44.8 Å². The van der Waals surface area contributed by atoms with Gasteiger partial charge in [0.05, 0.1) is 4.90 Å². The largest absolute Gasteiger partial charge is 0.372 e. The van der Waals surface area contributed by atoms with Crippen molar-refractivity contribution in [2.24, 2.45) is 5.92 Å². The van der Waals surface area contributed by atoms with Gasteiger partial charge in [0.2, 0.25) is 15.9 Å². The number of hydrogen-bond donors (Lipinski definition) is 1. The van der Waals surface area contributed by atoms with Crippen LogP contribution in [0.3, 0.4) is 0 Å². The summed E-state index contributed by atoms with van der Waals surface area (Å²) in [6.07, 6.45) is 3.53. The molecule has 0 aliphatic carbocycles. The van der Waals surface area contributed by atoms with Crippen molar-refractivity contribution in [2.75, 3.05) is 36.4 Å². The molecule has 0 aromatic heterocycles. The van der Waals surface area contributed by atoms with Crippen LogP contribution in [0.1, 0.15) is 25.7 Å². The van der Waals surface area contributed by atoms with Crippen molar-refractivity contribution in [1.82, 2.24) is 4.31 Å². The molecule has 154 valence electrons. The number of rotatable bonds is 5. The topological polar surface area (TPSA) is 69.7 Å². The lowest BCUT2D eigenvalue weighted by Gasteiger charge is -2.30. The number of carbonyl (C=O) groups excluding carboxylic acids is 1. The van der Waals surface area contributed by atoms with Gasteiger partial charge in [-0.25, -0.2) is 8.42 Å². The van der Waals surface area contributed by atoms with E-state index in [0.29, 0.717) is 30.8 Å². The molecule has 2 fully saturated rings. The van der Waals surface area contributed by atoms with Gasteiger partial charge < -0.3 is 10.2 Å². The Balaban J connectivity index is 1.32. The Morgan fingerprint density at radius 1 is 0.862 bits per heavy atom. The Hall–Kier alpha value is -2.38. The van der Waals surface area contributed by atoms with E-state index in [-0.39, 0.29) is 11.8 Å². The molecule has 2 heterocycles. The Labute approximate surface area is 172 Å². The van der Waals surface area contributed by atoms with Crippen LogP contribution >= 0.6 is 0 Å². The normalized spacial score (nSPS) is 18.7. The predicted octanol–water partition coefficient (Wildman–Crippen LogP) is 3.33. The highest BCUT2D eigenvalue weighted by atomic mass is 32.2. The first-order valence-corrected chi connectivity index (χ1v) is 11.7. The van der Waals surface area contributed by atoms with Crippen LogP contribution in [0, 0.1) is 5.92 Å². The molecule has 0 atom stereocenters. The molecular weight excluding hydrogens is 386 g/mol. The van der Waals surface area contributed by atoms with Gasteiger partial charge in [0.1, 0.15) is 0 Å². The van der Waals surface area contributed by atoms with Crippen molar-refractivity contribution in [3.8, 4) is 0 Å². The van der Waals surface area contributed by atoms with Gasteiger partial charge in [0.15, 0.2) is 0 Å². The second-order valence-electron chi connectivity index (χ2n) is 7.72. The molecule has 2 aliphatic heterocycles. The van der Waals surface area contributed by atoms with Crippen LogP contribution in [0.5, 0.6) is 0 Å². The Morgan fingerprint density at radius 3 is 2.10 bits per heavy atom. The summed E-state index contributed by atoms with van der Waals surface area (Å²) in [5.41, 5.74) is 1.98. The third-order valence-electron chi connectivity index (χ3n) is 5.81. The minimum atomic E-state index is -3.49. The maximum absolute atomic E-state index is 12.7. The van der Waals surface area contributed by atoms with E-state index in [9.17, 15) is 13.2 Å². The number of sulfonamides is 1. The highest BCUT2D eigenvalue weighted by molar-refractivity contribution is 7.89. The fourth-order valence-corrected chi connectivity index (χ4v) is 5.57. The molecule has 4 rings (SSSR count). The van der Waals surface area contributed by atoms with Crippen molar-refractivity contribution < 1.29 is 13.2 Å². The second-order valence-corrected chi connectivity index (χ2v) is 9.66. The SMILES string of the molecule is O=C(Nc1ccc(N2CCCC2)cc1)C1CCN(S(=O)(=O)c2ccccc2)CC1. The zero-order chi connectivity index (χ0) is 20.3. The summed E-state index contributed by atoms with van der Waals surface area (Å²) in [5, 5.41) is 2.99. The molecule has 2 aromatic carbocycles. The molecule has 1 amide bonds. The summed E-state index contributed by atoms with van der Waals surface area (Å²) in [6.45, 7) is 2.92. The van der Waals surface area contributed by atoms with Crippen molar-refractivity contribution in [2.45, 2.75) is 30.6 Å². The van der Waals surface area contributed by atoms with E-state index in [1.807, 2.05) is 12.1 Å². The van der Waals surface area contributed by atoms with Crippen molar-refractivity contribution in [3.05, 3.63) is 54.6 Å². The minimum Gasteiger partial charge on any atom is -0.372 e. The van der Waals surface area contributed by atoms with Gasteiger partial charge in [-0.3, -0.25) is 4.79 Å². The summed E-state index contributed by atoms with van der Waals surface area (Å²) < 4.78 is 26.9. The van der Waals surface area contributed by atoms with Gasteiger partial charge in [-0.2, -0.15) is 4.31 Å². The fourth-order valence-electron chi connectivity index (χ4n) is 4.08. The van der Waals surface area contributed by atoms with Crippen LogP contribution in [0.25, 0.3) is 0 Å². The number of carbonyl (C=O) groups is 1. The first kappa shape index (κ1) is 19.9. The molecule has 0 saturated carbocycles. The van der Waals surface area contributed by atoms with Gasteiger partial charge in [-0.1, -0.05) is 18.2 Å². The lowest BCUT2D eigenvalue weighted by molar-refractivity contribution is -0.120. The first-order chi connectivity index (χ1) is 14.0. The van der Waals surface area contributed by atoms with Gasteiger partial charge in [-0.15, -0.1) is 0 Å². The third kappa shape index (κ3) is 4.46. The highest BCUT2D eigenvalue weighted by Gasteiger charge is 2.32. The molecular formula is C22H27N3O3S. The summed E-state index contributed by atoms with van der Waals surface area (Å²) in [7, 11) is -3.49. The quantitative estimate of drug-likeness (QED) is 0.816. The van der Waals surface area contributed by atoms with E-state index < -0.39 is 10.0 Å². The monoisotopic (exact) mass is 413 g/mol. The molecule has 1 N–H and O–H groups in total. The summed E-state index contributed by atoms with van der Waals surface area (Å²) >= 11 is 0. The minimum absolute atomic E-state index is 0.0318. The molecule has 0 radical (unpaired) electrons. The molecule has 0 unspecified atom stereocenters. The molecule has 2 aliphatic rings. The second kappa shape index (κ2) is 8.55. The average molecular weight is 414 g/mol. The molecule has 0 bridgehead atoms. The van der Waals surface area contributed by atoms with Crippen LogP contribution in [0.15, 0.2) is 59.5 Å². The predicted molar refractivity (Wildman–Crippen MR) is 114 cm³/mol. The van der Waals surface area contributed by atoms with Crippen LogP contribution < -0.4 is 10.2 Å². The lowest BCUT2D eigenvalue weighted by atomic mass is 9.97. The van der Waals surface area contributed by atoms with E-state index in [4.69, 9.17) is 0 Å². The van der Waals surface area contributed by atoms with Crippen molar-refractivity contribution in [1.29, 1.82) is 0 Å². The van der Waals surface area contributed by atoms with Crippen molar-refractivity contribution >= 4 is 27.3 Å². The maximum atomic E-state index is 12.7. The number of anilines is 2. The van der Waals surface area contributed by atoms with Gasteiger partial charge >= 0.3 is 0 Å². The van der Waals surface area contributed by atoms with E-state index in [2.05, 4.69) is 22.3 Å². The number of amides is 1.